The molecule has 56 valence electrons. The molecule has 3 heteroatoms. The van der Waals surface area contributed by atoms with E-state index in [0.717, 1.165) is 0 Å². The van der Waals surface area contributed by atoms with E-state index in [9.17, 15) is 0 Å². The highest BCUT2D eigenvalue weighted by molar-refractivity contribution is 6.45. The van der Waals surface area contributed by atoms with Crippen molar-refractivity contribution in [1.82, 2.24) is 5.23 Å². The van der Waals surface area contributed by atoms with E-state index in [2.05, 4.69) is 11.1 Å². The molecule has 0 aromatic carbocycles. The van der Waals surface area contributed by atoms with Gasteiger partial charge in [-0.2, -0.15) is 0 Å². The maximum absolute atomic E-state index is 8.90. The van der Waals surface area contributed by atoms with E-state index in [4.69, 9.17) is 11.4 Å². The van der Waals surface area contributed by atoms with E-state index >= 15 is 0 Å². The molecule has 0 aliphatic heterocycles. The van der Waals surface area contributed by atoms with Crippen LogP contribution in [0.4, 0.5) is 0 Å². The molecule has 0 bridgehead atoms. The molecule has 0 aliphatic rings. The van der Waals surface area contributed by atoms with Gasteiger partial charge in [-0.15, -0.1) is 6.42 Å². The first kappa shape index (κ1) is 9.54. The minimum absolute atomic E-state index is 0.0278. The van der Waals surface area contributed by atoms with Gasteiger partial charge >= 0.3 is 7.05 Å². The summed E-state index contributed by atoms with van der Waals surface area (Å²) in [5.74, 6) is 2.92. The third-order valence-corrected chi connectivity index (χ3v) is 1.27. The van der Waals surface area contributed by atoms with Gasteiger partial charge in [-0.05, 0) is 12.7 Å². The second kappa shape index (κ2) is 4.37. The van der Waals surface area contributed by atoms with Crippen molar-refractivity contribution in [1.29, 1.82) is 0 Å². The first-order valence-corrected chi connectivity index (χ1v) is 3.48. The summed E-state index contributed by atoms with van der Waals surface area (Å²) in [5, 5.41) is 11.7. The van der Waals surface area contributed by atoms with E-state index in [-0.39, 0.29) is 6.04 Å². The molecular formula is C7H14BNO. The fraction of sp³-hybridized carbons (Fsp3) is 0.714. The largest absolute Gasteiger partial charge is 0.437 e. The smallest absolute Gasteiger partial charge is 0.374 e. The van der Waals surface area contributed by atoms with Gasteiger partial charge in [0, 0.05) is 0 Å². The molecule has 1 atom stereocenters. The van der Waals surface area contributed by atoms with Gasteiger partial charge in [0.05, 0.1) is 6.04 Å². The van der Waals surface area contributed by atoms with Crippen molar-refractivity contribution in [3.8, 4) is 12.3 Å². The molecule has 0 aliphatic carbocycles. The Kier molecular flexibility index (Phi) is 4.18. The second-order valence-corrected chi connectivity index (χ2v) is 2.73. The first-order valence-electron chi connectivity index (χ1n) is 3.48. The van der Waals surface area contributed by atoms with E-state index < -0.39 is 7.05 Å². The topological polar surface area (TPSA) is 32.3 Å². The Hall–Kier alpha value is -0.455. The molecule has 0 saturated carbocycles. The first-order chi connectivity index (χ1) is 4.57. The number of terminal acetylenes is 1. The summed E-state index contributed by atoms with van der Waals surface area (Å²) in [4.78, 5) is 0. The van der Waals surface area contributed by atoms with Crippen LogP contribution in [0.5, 0.6) is 0 Å². The van der Waals surface area contributed by atoms with Crippen LogP contribution in [0.1, 0.15) is 13.8 Å². The van der Waals surface area contributed by atoms with Crippen LogP contribution in [-0.4, -0.2) is 18.1 Å². The zero-order valence-electron chi connectivity index (χ0n) is 6.76. The van der Waals surface area contributed by atoms with Gasteiger partial charge in [0.25, 0.3) is 0 Å². The number of rotatable bonds is 3. The molecule has 0 fully saturated rings. The fourth-order valence-corrected chi connectivity index (χ4v) is 0.693. The average Bonchev–Trinajstić information content (AvgIpc) is 1.81. The minimum atomic E-state index is -0.525. The SMILES string of the molecule is C#C[C@H](NB(C)O)C(C)C. The Morgan fingerprint density at radius 1 is 1.60 bits per heavy atom. The lowest BCUT2D eigenvalue weighted by molar-refractivity contribution is 0.491. The lowest BCUT2D eigenvalue weighted by Crippen LogP contribution is -2.41. The molecule has 0 rings (SSSR count). The van der Waals surface area contributed by atoms with Crippen LogP contribution in [0.2, 0.25) is 6.82 Å². The normalized spacial score (nSPS) is 12.8. The lowest BCUT2D eigenvalue weighted by Gasteiger charge is -2.16. The molecule has 0 aromatic heterocycles. The van der Waals surface area contributed by atoms with Gasteiger partial charge in [0.15, 0.2) is 0 Å². The summed E-state index contributed by atoms with van der Waals surface area (Å²) in [6.07, 6.45) is 5.20. The Morgan fingerprint density at radius 2 is 2.10 bits per heavy atom. The molecule has 0 saturated heterocycles. The monoisotopic (exact) mass is 139 g/mol. The summed E-state index contributed by atoms with van der Waals surface area (Å²) >= 11 is 0. The minimum Gasteiger partial charge on any atom is -0.437 e. The molecule has 2 N–H and O–H groups in total. The number of nitrogens with one attached hydrogen (secondary N) is 1. The molecular weight excluding hydrogens is 125 g/mol. The van der Waals surface area contributed by atoms with Crippen molar-refractivity contribution < 1.29 is 5.02 Å². The second-order valence-electron chi connectivity index (χ2n) is 2.73. The Balaban J connectivity index is 3.75. The van der Waals surface area contributed by atoms with Crippen molar-refractivity contribution in [2.75, 3.05) is 0 Å². The van der Waals surface area contributed by atoms with Gasteiger partial charge in [-0.1, -0.05) is 19.8 Å². The predicted octanol–water partition coefficient (Wildman–Crippen LogP) is 0.344. The van der Waals surface area contributed by atoms with Crippen molar-refractivity contribution >= 4 is 7.05 Å². The van der Waals surface area contributed by atoms with Crippen LogP contribution in [0.25, 0.3) is 0 Å². The maximum atomic E-state index is 8.90. The van der Waals surface area contributed by atoms with Crippen LogP contribution in [0, 0.1) is 18.3 Å². The molecule has 0 unspecified atom stereocenters. The Morgan fingerprint density at radius 3 is 2.20 bits per heavy atom. The average molecular weight is 139 g/mol. The summed E-state index contributed by atoms with van der Waals surface area (Å²) in [7, 11) is -0.525. The van der Waals surface area contributed by atoms with Gasteiger partial charge in [-0.3, -0.25) is 0 Å². The van der Waals surface area contributed by atoms with Crippen molar-refractivity contribution in [2.45, 2.75) is 26.7 Å². The standard InChI is InChI=1S/C7H14BNO/c1-5-7(6(2)3)9-8(4)10/h1,6-7,9-10H,2-4H3/t7-/m0/s1. The van der Waals surface area contributed by atoms with E-state index in [1.54, 1.807) is 6.82 Å². The molecule has 10 heavy (non-hydrogen) atoms. The van der Waals surface area contributed by atoms with Gasteiger partial charge in [0.2, 0.25) is 0 Å². The van der Waals surface area contributed by atoms with Gasteiger partial charge in [-0.25, -0.2) is 0 Å². The summed E-state index contributed by atoms with van der Waals surface area (Å²) in [6.45, 7) is 5.69. The zero-order chi connectivity index (χ0) is 8.15. The van der Waals surface area contributed by atoms with Crippen LogP contribution in [0.3, 0.4) is 0 Å². The highest BCUT2D eigenvalue weighted by Gasteiger charge is 2.13. The predicted molar refractivity (Wildman–Crippen MR) is 44.4 cm³/mol. The van der Waals surface area contributed by atoms with E-state index in [1.807, 2.05) is 13.8 Å². The van der Waals surface area contributed by atoms with E-state index in [1.165, 1.54) is 0 Å². The van der Waals surface area contributed by atoms with Crippen molar-refractivity contribution in [3.63, 3.8) is 0 Å². The zero-order valence-corrected chi connectivity index (χ0v) is 6.76. The molecule has 0 radical (unpaired) electrons. The lowest BCUT2D eigenvalue weighted by atomic mass is 9.85. The summed E-state index contributed by atoms with van der Waals surface area (Å²) < 4.78 is 0. The highest BCUT2D eigenvalue weighted by Crippen LogP contribution is 1.99. The Bertz CT molecular complexity index is 128. The van der Waals surface area contributed by atoms with Crippen LogP contribution < -0.4 is 5.23 Å². The molecule has 0 spiro atoms. The summed E-state index contributed by atoms with van der Waals surface area (Å²) in [6, 6.07) is -0.0278. The van der Waals surface area contributed by atoms with Crippen LogP contribution in [0.15, 0.2) is 0 Å². The van der Waals surface area contributed by atoms with Crippen LogP contribution in [-0.2, 0) is 0 Å². The number of hydrogen-bond donors (Lipinski definition) is 2. The quantitative estimate of drug-likeness (QED) is 0.436. The number of hydrogen-bond acceptors (Lipinski definition) is 2. The molecule has 0 aromatic rings. The maximum Gasteiger partial charge on any atom is 0.374 e. The molecule has 2 nitrogen and oxygen atoms in total. The van der Waals surface area contributed by atoms with Gasteiger partial charge in [0.1, 0.15) is 0 Å². The third kappa shape index (κ3) is 3.55. The molecule has 0 amide bonds. The Labute approximate surface area is 63.2 Å². The van der Waals surface area contributed by atoms with E-state index in [0.29, 0.717) is 5.92 Å². The van der Waals surface area contributed by atoms with Crippen molar-refractivity contribution in [2.24, 2.45) is 5.92 Å². The highest BCUT2D eigenvalue weighted by atomic mass is 16.2. The third-order valence-electron chi connectivity index (χ3n) is 1.27. The van der Waals surface area contributed by atoms with Crippen molar-refractivity contribution in [3.05, 3.63) is 0 Å². The van der Waals surface area contributed by atoms with Crippen LogP contribution >= 0.6 is 0 Å². The summed E-state index contributed by atoms with van der Waals surface area (Å²) in [5.41, 5.74) is 0. The van der Waals surface area contributed by atoms with Gasteiger partial charge < -0.3 is 10.3 Å². The molecule has 0 heterocycles. The fourth-order valence-electron chi connectivity index (χ4n) is 0.693.